The van der Waals surface area contributed by atoms with E-state index in [-0.39, 0.29) is 36.6 Å². The molecular weight excluding hydrogens is 624 g/mol. The van der Waals surface area contributed by atoms with Crippen LogP contribution in [0.15, 0.2) is 24.3 Å². The highest BCUT2D eigenvalue weighted by Crippen LogP contribution is 2.30. The first-order valence-corrected chi connectivity index (χ1v) is 20.8. The monoisotopic (exact) mass is 707 g/mol. The van der Waals surface area contributed by atoms with E-state index < -0.39 is 11.9 Å². The van der Waals surface area contributed by atoms with Gasteiger partial charge in [-0.1, -0.05) is 88.5 Å². The maximum Gasteiger partial charge on any atom is 0.283 e. The fraction of sp³-hybridized carbons (Fsp3) is 0.864. The summed E-state index contributed by atoms with van der Waals surface area (Å²) in [4.78, 5) is 0. The third-order valence-corrected chi connectivity index (χ3v) is 8.41. The molecule has 0 saturated carbocycles. The molecule has 1 rings (SSSR count). The zero-order chi connectivity index (χ0) is 37.4. The first-order valence-electron chi connectivity index (χ1n) is 20.8. The van der Waals surface area contributed by atoms with Gasteiger partial charge in [0.1, 0.15) is 0 Å². The highest BCUT2D eigenvalue weighted by molar-refractivity contribution is 5.22. The Hall–Kier alpha value is -1.02. The SMILES string of the molecule is CC(C)OC(CCCCCCCCCc1ccc(CCCCCCCCCC(OC(C)C)(OC(C)C)OC(C)C)cc1)(OC(C)C)OC(C)C. The highest BCUT2D eigenvalue weighted by Gasteiger charge is 2.37. The van der Waals surface area contributed by atoms with Crippen molar-refractivity contribution in [3.05, 3.63) is 35.4 Å². The zero-order valence-electron chi connectivity index (χ0n) is 35.0. The predicted molar refractivity (Wildman–Crippen MR) is 211 cm³/mol. The van der Waals surface area contributed by atoms with Crippen molar-refractivity contribution in [1.82, 2.24) is 0 Å². The quantitative estimate of drug-likeness (QED) is 0.0549. The minimum atomic E-state index is -0.933. The Labute approximate surface area is 310 Å². The normalized spacial score (nSPS) is 13.0. The van der Waals surface area contributed by atoms with Gasteiger partial charge in [-0.25, -0.2) is 0 Å². The van der Waals surface area contributed by atoms with E-state index >= 15 is 0 Å². The van der Waals surface area contributed by atoms with Crippen molar-refractivity contribution < 1.29 is 28.4 Å². The average molecular weight is 707 g/mol. The van der Waals surface area contributed by atoms with Crippen LogP contribution in [0.2, 0.25) is 0 Å². The second kappa shape index (κ2) is 26.7. The van der Waals surface area contributed by atoms with Crippen molar-refractivity contribution in [2.75, 3.05) is 0 Å². The lowest BCUT2D eigenvalue weighted by molar-refractivity contribution is -0.412. The van der Waals surface area contributed by atoms with E-state index in [1.807, 2.05) is 83.1 Å². The number of aryl methyl sites for hydroxylation is 2. The summed E-state index contributed by atoms with van der Waals surface area (Å²) >= 11 is 0. The van der Waals surface area contributed by atoms with E-state index in [1.165, 1.54) is 101 Å². The first-order chi connectivity index (χ1) is 23.7. The van der Waals surface area contributed by atoms with Gasteiger partial charge in [-0.3, -0.25) is 0 Å². The minimum absolute atomic E-state index is 0.0556. The average Bonchev–Trinajstić information content (AvgIpc) is 2.98. The van der Waals surface area contributed by atoms with Gasteiger partial charge < -0.3 is 28.4 Å². The van der Waals surface area contributed by atoms with Crippen molar-refractivity contribution in [3.8, 4) is 0 Å². The Balaban J connectivity index is 2.20. The summed E-state index contributed by atoms with van der Waals surface area (Å²) in [5, 5.41) is 0. The fourth-order valence-corrected chi connectivity index (χ4v) is 6.66. The molecule has 0 aliphatic rings. The van der Waals surface area contributed by atoms with Crippen LogP contribution in [0.1, 0.15) is 197 Å². The number of unbranched alkanes of at least 4 members (excludes halogenated alkanes) is 12. The standard InChI is InChI=1S/C44H82O6/c1-35(2)45-43(46-36(3)4,47-37(5)6)33-25-21-17-13-15-19-23-27-41-29-31-42(32-30-41)28-24-20-16-14-18-22-26-34-44(48-38(7)8,49-39(9)10)50-40(11)12/h29-32,35-40H,13-28,33-34H2,1-12H3. The van der Waals surface area contributed by atoms with Gasteiger partial charge in [-0.2, -0.15) is 0 Å². The molecule has 6 nitrogen and oxygen atoms in total. The molecule has 294 valence electrons. The molecule has 1 aromatic rings. The predicted octanol–water partition coefficient (Wildman–Crippen LogP) is 12.9. The Morgan fingerprint density at radius 1 is 0.320 bits per heavy atom. The third-order valence-electron chi connectivity index (χ3n) is 8.41. The molecule has 0 aliphatic heterocycles. The molecule has 0 fully saturated rings. The Morgan fingerprint density at radius 3 is 0.740 bits per heavy atom. The number of ether oxygens (including phenoxy) is 6. The Kier molecular flexibility index (Phi) is 25.1. The van der Waals surface area contributed by atoms with E-state index in [1.54, 1.807) is 0 Å². The van der Waals surface area contributed by atoms with E-state index in [2.05, 4.69) is 24.3 Å². The zero-order valence-corrected chi connectivity index (χ0v) is 35.0. The van der Waals surface area contributed by atoms with Crippen LogP contribution in [-0.2, 0) is 41.3 Å². The van der Waals surface area contributed by atoms with Gasteiger partial charge in [-0.15, -0.1) is 0 Å². The van der Waals surface area contributed by atoms with Gasteiger partial charge >= 0.3 is 0 Å². The lowest BCUT2D eigenvalue weighted by Gasteiger charge is -2.38. The molecule has 0 bridgehead atoms. The maximum absolute atomic E-state index is 6.19. The molecule has 0 saturated heterocycles. The minimum Gasteiger partial charge on any atom is -0.325 e. The summed E-state index contributed by atoms with van der Waals surface area (Å²) in [7, 11) is 0. The maximum atomic E-state index is 6.19. The molecule has 0 heterocycles. The summed E-state index contributed by atoms with van der Waals surface area (Å²) in [6.45, 7) is 24.6. The van der Waals surface area contributed by atoms with Gasteiger partial charge in [0.15, 0.2) is 0 Å². The molecule has 1 aromatic carbocycles. The van der Waals surface area contributed by atoms with Gasteiger partial charge in [-0.05, 0) is 133 Å². The van der Waals surface area contributed by atoms with Crippen molar-refractivity contribution >= 4 is 0 Å². The van der Waals surface area contributed by atoms with E-state index in [0.717, 1.165) is 25.7 Å². The number of rotatable bonds is 32. The van der Waals surface area contributed by atoms with Gasteiger partial charge in [0.05, 0.1) is 36.6 Å². The van der Waals surface area contributed by atoms with Gasteiger partial charge in [0.25, 0.3) is 11.9 Å². The molecular formula is C44H82O6. The van der Waals surface area contributed by atoms with Crippen LogP contribution in [0, 0.1) is 0 Å². The summed E-state index contributed by atoms with van der Waals surface area (Å²) in [6, 6.07) is 9.42. The van der Waals surface area contributed by atoms with Crippen molar-refractivity contribution in [2.45, 2.75) is 247 Å². The first kappa shape index (κ1) is 47.0. The van der Waals surface area contributed by atoms with Crippen molar-refractivity contribution in [3.63, 3.8) is 0 Å². The Bertz CT molecular complexity index is 795. The van der Waals surface area contributed by atoms with Crippen molar-refractivity contribution in [2.24, 2.45) is 0 Å². The molecule has 0 radical (unpaired) electrons. The van der Waals surface area contributed by atoms with Crippen LogP contribution in [0.3, 0.4) is 0 Å². The summed E-state index contributed by atoms with van der Waals surface area (Å²) in [6.07, 6.45) is 21.6. The second-order valence-electron chi connectivity index (χ2n) is 16.1. The van der Waals surface area contributed by atoms with Crippen LogP contribution in [-0.4, -0.2) is 48.6 Å². The molecule has 0 aliphatic carbocycles. The van der Waals surface area contributed by atoms with Crippen LogP contribution >= 0.6 is 0 Å². The summed E-state index contributed by atoms with van der Waals surface area (Å²) < 4.78 is 37.1. The smallest absolute Gasteiger partial charge is 0.283 e. The Morgan fingerprint density at radius 2 is 0.520 bits per heavy atom. The fourth-order valence-electron chi connectivity index (χ4n) is 6.66. The van der Waals surface area contributed by atoms with E-state index in [9.17, 15) is 0 Å². The third kappa shape index (κ3) is 23.5. The summed E-state index contributed by atoms with van der Waals surface area (Å²) in [5.74, 6) is -1.87. The van der Waals surface area contributed by atoms with Crippen LogP contribution in [0.4, 0.5) is 0 Å². The molecule has 0 atom stereocenters. The van der Waals surface area contributed by atoms with E-state index in [0.29, 0.717) is 0 Å². The molecule has 0 N–H and O–H groups in total. The molecule has 0 amide bonds. The number of hydrogen-bond donors (Lipinski definition) is 0. The molecule has 0 unspecified atom stereocenters. The van der Waals surface area contributed by atoms with Crippen LogP contribution < -0.4 is 0 Å². The van der Waals surface area contributed by atoms with E-state index in [4.69, 9.17) is 28.4 Å². The molecule has 0 aromatic heterocycles. The molecule has 6 heteroatoms. The topological polar surface area (TPSA) is 55.4 Å². The summed E-state index contributed by atoms with van der Waals surface area (Å²) in [5.41, 5.74) is 2.96. The van der Waals surface area contributed by atoms with Crippen LogP contribution in [0.25, 0.3) is 0 Å². The lowest BCUT2D eigenvalue weighted by atomic mass is 10.0. The number of benzene rings is 1. The largest absolute Gasteiger partial charge is 0.325 e. The van der Waals surface area contributed by atoms with Crippen LogP contribution in [0.5, 0.6) is 0 Å². The number of hydrogen-bond acceptors (Lipinski definition) is 6. The van der Waals surface area contributed by atoms with Gasteiger partial charge in [0, 0.05) is 12.8 Å². The van der Waals surface area contributed by atoms with Gasteiger partial charge in [0.2, 0.25) is 0 Å². The molecule has 0 spiro atoms. The van der Waals surface area contributed by atoms with Crippen molar-refractivity contribution in [1.29, 1.82) is 0 Å². The molecule has 50 heavy (non-hydrogen) atoms. The second-order valence-corrected chi connectivity index (χ2v) is 16.1. The lowest BCUT2D eigenvalue weighted by Crippen LogP contribution is -2.44. The highest BCUT2D eigenvalue weighted by atomic mass is 16.9.